The lowest BCUT2D eigenvalue weighted by Crippen LogP contribution is -2.48. The molecule has 0 radical (unpaired) electrons. The molecule has 3 rings (SSSR count). The third-order valence-electron chi connectivity index (χ3n) is 5.66. The van der Waals surface area contributed by atoms with E-state index >= 15 is 0 Å². The first-order valence-corrected chi connectivity index (χ1v) is 9.52. The molecule has 0 aromatic heterocycles. The van der Waals surface area contributed by atoms with Crippen LogP contribution in [0.4, 0.5) is 4.79 Å². The van der Waals surface area contributed by atoms with E-state index in [1.807, 2.05) is 23.1 Å². The second-order valence-electron chi connectivity index (χ2n) is 7.49. The quantitative estimate of drug-likeness (QED) is 0.832. The van der Waals surface area contributed by atoms with Crippen LogP contribution in [0.15, 0.2) is 30.3 Å². The summed E-state index contributed by atoms with van der Waals surface area (Å²) in [4.78, 5) is 25.8. The number of nitrogens with two attached hydrogens (primary N) is 1. The Balaban J connectivity index is 1.60. The van der Waals surface area contributed by atoms with Crippen molar-refractivity contribution < 1.29 is 9.59 Å². The fraction of sp³-hybridized carbons (Fsp3) is 0.600. The lowest BCUT2D eigenvalue weighted by atomic mass is 9.77. The van der Waals surface area contributed by atoms with Crippen molar-refractivity contribution in [1.29, 1.82) is 0 Å². The fourth-order valence-corrected chi connectivity index (χ4v) is 3.96. The second kappa shape index (κ2) is 8.37. The molecule has 0 spiro atoms. The summed E-state index contributed by atoms with van der Waals surface area (Å²) in [7, 11) is 0. The second-order valence-corrected chi connectivity index (χ2v) is 7.49. The zero-order chi connectivity index (χ0) is 17.6. The van der Waals surface area contributed by atoms with E-state index in [0.717, 1.165) is 32.4 Å². The van der Waals surface area contributed by atoms with E-state index in [4.69, 9.17) is 5.73 Å². The predicted molar refractivity (Wildman–Crippen MR) is 97.8 cm³/mol. The highest BCUT2D eigenvalue weighted by molar-refractivity contribution is 5.75. The Morgan fingerprint density at radius 1 is 1.16 bits per heavy atom. The molecule has 25 heavy (non-hydrogen) atoms. The summed E-state index contributed by atoms with van der Waals surface area (Å²) in [5.41, 5.74) is 6.45. The average molecular weight is 343 g/mol. The van der Waals surface area contributed by atoms with Gasteiger partial charge >= 0.3 is 6.03 Å². The minimum Gasteiger partial charge on any atom is -0.370 e. The molecule has 1 heterocycles. The van der Waals surface area contributed by atoms with E-state index < -0.39 is 0 Å². The zero-order valence-electron chi connectivity index (χ0n) is 14.8. The number of rotatable bonds is 6. The van der Waals surface area contributed by atoms with Crippen molar-refractivity contribution >= 4 is 11.9 Å². The maximum atomic E-state index is 12.8. The van der Waals surface area contributed by atoms with Crippen LogP contribution in [0.25, 0.3) is 0 Å². The summed E-state index contributed by atoms with van der Waals surface area (Å²) < 4.78 is 0. The highest BCUT2D eigenvalue weighted by atomic mass is 16.2. The highest BCUT2D eigenvalue weighted by Crippen LogP contribution is 2.37. The molecular formula is C20H29N3O2. The van der Waals surface area contributed by atoms with Gasteiger partial charge in [0.15, 0.2) is 0 Å². The van der Waals surface area contributed by atoms with Gasteiger partial charge in [-0.1, -0.05) is 36.8 Å². The van der Waals surface area contributed by atoms with Crippen LogP contribution in [0.5, 0.6) is 0 Å². The van der Waals surface area contributed by atoms with Crippen LogP contribution in [0.1, 0.15) is 56.6 Å². The molecule has 1 aromatic rings. The van der Waals surface area contributed by atoms with Crippen LogP contribution >= 0.6 is 0 Å². The monoisotopic (exact) mass is 343 g/mol. The Morgan fingerprint density at radius 3 is 2.56 bits per heavy atom. The number of piperidine rings is 1. The van der Waals surface area contributed by atoms with Crippen molar-refractivity contribution in [3.63, 3.8) is 0 Å². The molecule has 0 unspecified atom stereocenters. The Hall–Kier alpha value is -2.04. The van der Waals surface area contributed by atoms with Gasteiger partial charge < -0.3 is 16.0 Å². The molecule has 1 saturated heterocycles. The van der Waals surface area contributed by atoms with Crippen LogP contribution < -0.4 is 11.1 Å². The first-order valence-electron chi connectivity index (χ1n) is 9.52. The topological polar surface area (TPSA) is 75.4 Å². The molecule has 3 amide bonds. The number of nitrogens with one attached hydrogen (secondary N) is 1. The predicted octanol–water partition coefficient (Wildman–Crippen LogP) is 3.21. The summed E-state index contributed by atoms with van der Waals surface area (Å²) in [6.45, 7) is 1.52. The number of benzene rings is 1. The van der Waals surface area contributed by atoms with Crippen LogP contribution in [0.2, 0.25) is 0 Å². The summed E-state index contributed by atoms with van der Waals surface area (Å²) in [5, 5.41) is 3.29. The van der Waals surface area contributed by atoms with Crippen molar-refractivity contribution in [1.82, 2.24) is 10.2 Å². The first kappa shape index (κ1) is 17.8. The Bertz CT molecular complexity index is 586. The SMILES string of the molecule is NC(=O)CC[C@H]1CCCN(C(=O)N[C@H](c2ccccc2)C2CCC2)C1. The molecule has 0 bridgehead atoms. The molecule has 2 atom stereocenters. The van der Waals surface area contributed by atoms with Gasteiger partial charge in [0.2, 0.25) is 5.91 Å². The molecule has 1 saturated carbocycles. The third-order valence-corrected chi connectivity index (χ3v) is 5.66. The largest absolute Gasteiger partial charge is 0.370 e. The summed E-state index contributed by atoms with van der Waals surface area (Å²) in [6, 6.07) is 10.4. The highest BCUT2D eigenvalue weighted by Gasteiger charge is 2.32. The van der Waals surface area contributed by atoms with Gasteiger partial charge in [0, 0.05) is 19.5 Å². The maximum Gasteiger partial charge on any atom is 0.317 e. The number of hydrogen-bond acceptors (Lipinski definition) is 2. The zero-order valence-corrected chi connectivity index (χ0v) is 14.8. The molecule has 2 fully saturated rings. The number of carbonyl (C=O) groups excluding carboxylic acids is 2. The molecule has 2 aliphatic rings. The summed E-state index contributed by atoms with van der Waals surface area (Å²) >= 11 is 0. The Morgan fingerprint density at radius 2 is 1.92 bits per heavy atom. The molecule has 1 aliphatic carbocycles. The van der Waals surface area contributed by atoms with E-state index in [1.165, 1.54) is 24.8 Å². The van der Waals surface area contributed by atoms with Crippen molar-refractivity contribution in [2.45, 2.75) is 51.0 Å². The van der Waals surface area contributed by atoms with Crippen molar-refractivity contribution in [2.75, 3.05) is 13.1 Å². The van der Waals surface area contributed by atoms with Gasteiger partial charge in [-0.2, -0.15) is 0 Å². The summed E-state index contributed by atoms with van der Waals surface area (Å²) in [6.07, 6.45) is 6.88. The van der Waals surface area contributed by atoms with E-state index in [9.17, 15) is 9.59 Å². The maximum absolute atomic E-state index is 12.8. The van der Waals surface area contributed by atoms with Crippen LogP contribution in [-0.2, 0) is 4.79 Å². The van der Waals surface area contributed by atoms with Crippen molar-refractivity contribution in [2.24, 2.45) is 17.6 Å². The number of primary amides is 1. The molecule has 136 valence electrons. The normalized spacial score (nSPS) is 22.1. The van der Waals surface area contributed by atoms with Gasteiger partial charge in [0.05, 0.1) is 6.04 Å². The molecule has 1 aliphatic heterocycles. The summed E-state index contributed by atoms with van der Waals surface area (Å²) in [5.74, 6) is 0.670. The number of carbonyl (C=O) groups is 2. The van der Waals surface area contributed by atoms with Crippen LogP contribution in [0.3, 0.4) is 0 Å². The average Bonchev–Trinajstić information content (AvgIpc) is 2.59. The number of likely N-dealkylation sites (tertiary alicyclic amines) is 1. The van der Waals surface area contributed by atoms with E-state index in [-0.39, 0.29) is 18.0 Å². The fourth-order valence-electron chi connectivity index (χ4n) is 3.96. The molecule has 1 aromatic carbocycles. The van der Waals surface area contributed by atoms with Crippen molar-refractivity contribution in [3.05, 3.63) is 35.9 Å². The van der Waals surface area contributed by atoms with Gasteiger partial charge in [-0.3, -0.25) is 4.79 Å². The van der Waals surface area contributed by atoms with Gasteiger partial charge in [-0.15, -0.1) is 0 Å². The lowest BCUT2D eigenvalue weighted by molar-refractivity contribution is -0.118. The third kappa shape index (κ3) is 4.74. The molecule has 5 nitrogen and oxygen atoms in total. The van der Waals surface area contributed by atoms with E-state index in [1.54, 1.807) is 0 Å². The van der Waals surface area contributed by atoms with Crippen LogP contribution in [-0.4, -0.2) is 29.9 Å². The Kier molecular flexibility index (Phi) is 5.95. The molecular weight excluding hydrogens is 314 g/mol. The minimum absolute atomic E-state index is 0.0320. The number of amides is 3. The first-order chi connectivity index (χ1) is 12.1. The molecule has 3 N–H and O–H groups in total. The van der Waals surface area contributed by atoms with Gasteiger partial charge in [-0.05, 0) is 49.5 Å². The van der Waals surface area contributed by atoms with Crippen molar-refractivity contribution in [3.8, 4) is 0 Å². The van der Waals surface area contributed by atoms with Crippen LogP contribution in [0, 0.1) is 11.8 Å². The van der Waals surface area contributed by atoms with Gasteiger partial charge in [0.25, 0.3) is 0 Å². The van der Waals surface area contributed by atoms with Gasteiger partial charge in [0.1, 0.15) is 0 Å². The minimum atomic E-state index is -0.254. The smallest absolute Gasteiger partial charge is 0.317 e. The number of urea groups is 1. The standard InChI is InChI=1S/C20H29N3O2/c21-18(24)12-11-15-6-5-13-23(14-15)20(25)22-19(17-9-4-10-17)16-7-2-1-3-8-16/h1-3,7-8,15,17,19H,4-6,9-14H2,(H2,21,24)(H,22,25)/t15-,19-/m1/s1. The van der Waals surface area contributed by atoms with E-state index in [2.05, 4.69) is 17.4 Å². The lowest BCUT2D eigenvalue weighted by Gasteiger charge is -2.38. The Labute approximate surface area is 150 Å². The number of nitrogens with zero attached hydrogens (tertiary/aromatic N) is 1. The number of hydrogen-bond donors (Lipinski definition) is 2. The van der Waals surface area contributed by atoms with Gasteiger partial charge in [-0.25, -0.2) is 4.79 Å². The molecule has 5 heteroatoms. The van der Waals surface area contributed by atoms with E-state index in [0.29, 0.717) is 18.3 Å².